The van der Waals surface area contributed by atoms with Gasteiger partial charge in [-0.05, 0) is 43.7 Å². The highest BCUT2D eigenvalue weighted by Crippen LogP contribution is 2.25. The minimum absolute atomic E-state index is 0.0440. The SMILES string of the molecule is Cc1ccc(Cl)cc1N1CCN(C(=O)c2ccc3nnc(C)n3c2)CC1. The summed E-state index contributed by atoms with van der Waals surface area (Å²) in [6.07, 6.45) is 1.82. The molecule has 26 heavy (non-hydrogen) atoms. The highest BCUT2D eigenvalue weighted by molar-refractivity contribution is 6.30. The first-order chi connectivity index (χ1) is 12.5. The first kappa shape index (κ1) is 16.8. The molecule has 1 aliphatic rings. The third-order valence-corrected chi connectivity index (χ3v) is 5.13. The first-order valence-electron chi connectivity index (χ1n) is 8.65. The van der Waals surface area contributed by atoms with Crippen molar-refractivity contribution in [1.29, 1.82) is 0 Å². The Bertz CT molecular complexity index is 975. The molecule has 4 rings (SSSR count). The number of rotatable bonds is 2. The molecule has 3 aromatic rings. The van der Waals surface area contributed by atoms with E-state index < -0.39 is 0 Å². The zero-order valence-corrected chi connectivity index (χ0v) is 15.6. The molecule has 1 aromatic carbocycles. The van der Waals surface area contributed by atoms with Gasteiger partial charge < -0.3 is 9.80 Å². The molecule has 3 heterocycles. The molecule has 0 N–H and O–H groups in total. The highest BCUT2D eigenvalue weighted by atomic mass is 35.5. The third kappa shape index (κ3) is 3.01. The van der Waals surface area contributed by atoms with Crippen molar-refractivity contribution in [2.24, 2.45) is 0 Å². The van der Waals surface area contributed by atoms with Gasteiger partial charge in [0.15, 0.2) is 5.65 Å². The Morgan fingerprint density at radius 2 is 1.81 bits per heavy atom. The second kappa shape index (κ2) is 6.61. The molecule has 0 saturated carbocycles. The van der Waals surface area contributed by atoms with Crippen LogP contribution in [0, 0.1) is 13.8 Å². The van der Waals surface area contributed by atoms with E-state index in [-0.39, 0.29) is 5.91 Å². The third-order valence-electron chi connectivity index (χ3n) is 4.90. The van der Waals surface area contributed by atoms with E-state index in [1.807, 2.05) is 52.8 Å². The second-order valence-electron chi connectivity index (χ2n) is 6.60. The molecule has 7 heteroatoms. The van der Waals surface area contributed by atoms with E-state index in [2.05, 4.69) is 22.0 Å². The van der Waals surface area contributed by atoms with Crippen molar-refractivity contribution in [2.45, 2.75) is 13.8 Å². The smallest absolute Gasteiger partial charge is 0.255 e. The van der Waals surface area contributed by atoms with Crippen LogP contribution in [0.5, 0.6) is 0 Å². The fraction of sp³-hybridized carbons (Fsp3) is 0.316. The maximum Gasteiger partial charge on any atom is 0.255 e. The fourth-order valence-corrected chi connectivity index (χ4v) is 3.55. The van der Waals surface area contributed by atoms with Gasteiger partial charge in [0, 0.05) is 43.1 Å². The molecule has 6 nitrogen and oxygen atoms in total. The van der Waals surface area contributed by atoms with Gasteiger partial charge in [-0.15, -0.1) is 10.2 Å². The number of fused-ring (bicyclic) bond motifs is 1. The van der Waals surface area contributed by atoms with Crippen LogP contribution in [0.15, 0.2) is 36.5 Å². The second-order valence-corrected chi connectivity index (χ2v) is 7.04. The lowest BCUT2D eigenvalue weighted by Crippen LogP contribution is -2.49. The Kier molecular flexibility index (Phi) is 4.28. The summed E-state index contributed by atoms with van der Waals surface area (Å²) in [6.45, 7) is 6.91. The van der Waals surface area contributed by atoms with E-state index in [1.165, 1.54) is 5.56 Å². The molecule has 0 spiro atoms. The van der Waals surface area contributed by atoms with Gasteiger partial charge in [0.1, 0.15) is 5.82 Å². The number of carbonyl (C=O) groups excluding carboxylic acids is 1. The van der Waals surface area contributed by atoms with Crippen LogP contribution in [0.3, 0.4) is 0 Å². The Morgan fingerprint density at radius 3 is 2.58 bits per heavy atom. The normalized spacial score (nSPS) is 14.9. The number of hydrogen-bond acceptors (Lipinski definition) is 4. The van der Waals surface area contributed by atoms with E-state index >= 15 is 0 Å². The molecular formula is C19H20ClN5O. The molecular weight excluding hydrogens is 350 g/mol. The number of aromatic nitrogens is 3. The largest absolute Gasteiger partial charge is 0.368 e. The Morgan fingerprint density at radius 1 is 1.04 bits per heavy atom. The lowest BCUT2D eigenvalue weighted by molar-refractivity contribution is 0.0746. The molecule has 1 fully saturated rings. The van der Waals surface area contributed by atoms with Gasteiger partial charge in [0.2, 0.25) is 0 Å². The summed E-state index contributed by atoms with van der Waals surface area (Å²) >= 11 is 6.14. The maximum absolute atomic E-state index is 12.9. The van der Waals surface area contributed by atoms with Crippen molar-refractivity contribution >= 4 is 28.8 Å². The molecule has 1 aliphatic heterocycles. The van der Waals surface area contributed by atoms with Gasteiger partial charge in [-0.25, -0.2) is 0 Å². The van der Waals surface area contributed by atoms with E-state index in [0.29, 0.717) is 18.7 Å². The lowest BCUT2D eigenvalue weighted by Gasteiger charge is -2.37. The lowest BCUT2D eigenvalue weighted by atomic mass is 10.1. The van der Waals surface area contributed by atoms with Crippen LogP contribution in [0.1, 0.15) is 21.7 Å². The zero-order valence-electron chi connectivity index (χ0n) is 14.8. The Hall–Kier alpha value is -2.60. The Balaban J connectivity index is 1.49. The zero-order chi connectivity index (χ0) is 18.3. The summed E-state index contributed by atoms with van der Waals surface area (Å²) in [5.41, 5.74) is 3.75. The van der Waals surface area contributed by atoms with Crippen LogP contribution in [0.4, 0.5) is 5.69 Å². The van der Waals surface area contributed by atoms with Crippen molar-refractivity contribution in [3.05, 3.63) is 58.5 Å². The minimum Gasteiger partial charge on any atom is -0.368 e. The van der Waals surface area contributed by atoms with Crippen LogP contribution in [-0.2, 0) is 0 Å². The number of nitrogens with zero attached hydrogens (tertiary/aromatic N) is 5. The van der Waals surface area contributed by atoms with Gasteiger partial charge in [-0.2, -0.15) is 0 Å². The quantitative estimate of drug-likeness (QED) is 0.697. The van der Waals surface area contributed by atoms with E-state index in [4.69, 9.17) is 11.6 Å². The minimum atomic E-state index is 0.0440. The van der Waals surface area contributed by atoms with Crippen molar-refractivity contribution in [2.75, 3.05) is 31.1 Å². The number of amides is 1. The summed E-state index contributed by atoms with van der Waals surface area (Å²) < 4.78 is 1.85. The standard InChI is InChI=1S/C19H20ClN5O/c1-13-3-5-16(20)11-17(13)23-7-9-24(10-8-23)19(26)15-4-6-18-22-21-14(2)25(18)12-15/h3-6,11-12H,7-10H2,1-2H3. The summed E-state index contributed by atoms with van der Waals surface area (Å²) in [4.78, 5) is 17.1. The van der Waals surface area contributed by atoms with Crippen molar-refractivity contribution in [3.63, 3.8) is 0 Å². The molecule has 0 unspecified atom stereocenters. The predicted octanol–water partition coefficient (Wildman–Crippen LogP) is 2.96. The van der Waals surface area contributed by atoms with E-state index in [1.54, 1.807) is 0 Å². The molecule has 0 bridgehead atoms. The van der Waals surface area contributed by atoms with Crippen LogP contribution in [0.2, 0.25) is 5.02 Å². The van der Waals surface area contributed by atoms with Gasteiger partial charge in [-0.1, -0.05) is 17.7 Å². The molecule has 1 amide bonds. The first-order valence-corrected chi connectivity index (χ1v) is 9.02. The van der Waals surface area contributed by atoms with Gasteiger partial charge in [0.25, 0.3) is 5.91 Å². The van der Waals surface area contributed by atoms with Crippen LogP contribution in [0.25, 0.3) is 5.65 Å². The predicted molar refractivity (Wildman–Crippen MR) is 102 cm³/mol. The van der Waals surface area contributed by atoms with E-state index in [0.717, 1.165) is 35.3 Å². The molecule has 0 aliphatic carbocycles. The summed E-state index contributed by atoms with van der Waals surface area (Å²) in [5.74, 6) is 0.818. The summed E-state index contributed by atoms with van der Waals surface area (Å²) in [6, 6.07) is 9.59. The fourth-order valence-electron chi connectivity index (χ4n) is 3.39. The number of carbonyl (C=O) groups is 1. The number of aryl methyl sites for hydroxylation is 2. The number of piperazine rings is 1. The number of halogens is 1. The van der Waals surface area contributed by atoms with Crippen molar-refractivity contribution in [1.82, 2.24) is 19.5 Å². The number of pyridine rings is 1. The number of anilines is 1. The topological polar surface area (TPSA) is 53.7 Å². The van der Waals surface area contributed by atoms with Crippen molar-refractivity contribution < 1.29 is 4.79 Å². The number of benzene rings is 1. The average Bonchev–Trinajstić information content (AvgIpc) is 3.04. The molecule has 134 valence electrons. The molecule has 1 saturated heterocycles. The highest BCUT2D eigenvalue weighted by Gasteiger charge is 2.23. The van der Waals surface area contributed by atoms with Crippen LogP contribution >= 0.6 is 11.6 Å². The molecule has 2 aromatic heterocycles. The van der Waals surface area contributed by atoms with Crippen molar-refractivity contribution in [3.8, 4) is 0 Å². The Labute approximate surface area is 157 Å². The number of hydrogen-bond donors (Lipinski definition) is 0. The van der Waals surface area contributed by atoms with E-state index in [9.17, 15) is 4.79 Å². The van der Waals surface area contributed by atoms with Crippen LogP contribution in [-0.4, -0.2) is 51.6 Å². The average molecular weight is 370 g/mol. The summed E-state index contributed by atoms with van der Waals surface area (Å²) in [5, 5.41) is 8.84. The van der Waals surface area contributed by atoms with Crippen LogP contribution < -0.4 is 4.90 Å². The molecule has 0 atom stereocenters. The maximum atomic E-state index is 12.9. The summed E-state index contributed by atoms with van der Waals surface area (Å²) in [7, 11) is 0. The van der Waals surface area contributed by atoms with Gasteiger partial charge in [0.05, 0.1) is 5.56 Å². The molecule has 0 radical (unpaired) electrons. The monoisotopic (exact) mass is 369 g/mol. The van der Waals surface area contributed by atoms with Gasteiger partial charge >= 0.3 is 0 Å². The van der Waals surface area contributed by atoms with Gasteiger partial charge in [-0.3, -0.25) is 9.20 Å².